The predicted molar refractivity (Wildman–Crippen MR) is 75.2 cm³/mol. The number of benzene rings is 1. The Balaban J connectivity index is 1.77. The molecule has 1 aliphatic heterocycles. The van der Waals surface area contributed by atoms with Gasteiger partial charge in [0.05, 0.1) is 0 Å². The molecule has 5 heteroatoms. The van der Waals surface area contributed by atoms with Crippen molar-refractivity contribution < 1.29 is 9.90 Å². The highest BCUT2D eigenvalue weighted by Crippen LogP contribution is 2.21. The number of rotatable bonds is 5. The molecule has 0 aliphatic carbocycles. The lowest BCUT2D eigenvalue weighted by molar-refractivity contribution is -0.118. The van der Waals surface area contributed by atoms with E-state index < -0.39 is 0 Å². The second kappa shape index (κ2) is 6.43. The van der Waals surface area contributed by atoms with E-state index >= 15 is 0 Å². The fraction of sp³-hybridized carbons (Fsp3) is 0.500. The molecule has 3 N–H and O–H groups in total. The number of nitrogens with zero attached hydrogens (tertiary/aromatic N) is 2. The average Bonchev–Trinajstić information content (AvgIpc) is 2.39. The minimum atomic E-state index is -0.224. The zero-order valence-corrected chi connectivity index (χ0v) is 11.1. The van der Waals surface area contributed by atoms with E-state index in [2.05, 4.69) is 9.80 Å². The molecule has 0 saturated carbocycles. The highest BCUT2D eigenvalue weighted by atomic mass is 16.3. The minimum absolute atomic E-state index is 0.224. The number of carbonyl (C=O) groups excluding carboxylic acids is 1. The van der Waals surface area contributed by atoms with E-state index in [1.165, 1.54) is 0 Å². The third-order valence-electron chi connectivity index (χ3n) is 3.46. The number of piperazine rings is 1. The Bertz CT molecular complexity index is 428. The van der Waals surface area contributed by atoms with Crippen molar-refractivity contribution >= 4 is 11.6 Å². The summed E-state index contributed by atoms with van der Waals surface area (Å²) in [4.78, 5) is 15.3. The maximum atomic E-state index is 10.7. The lowest BCUT2D eigenvalue weighted by atomic mass is 10.2. The molecule has 0 radical (unpaired) electrons. The summed E-state index contributed by atoms with van der Waals surface area (Å²) in [5.74, 6) is 0.0831. The van der Waals surface area contributed by atoms with Gasteiger partial charge in [0.1, 0.15) is 5.75 Å². The van der Waals surface area contributed by atoms with Crippen molar-refractivity contribution in [1.82, 2.24) is 4.90 Å². The molecule has 1 saturated heterocycles. The van der Waals surface area contributed by atoms with Crippen LogP contribution >= 0.6 is 0 Å². The summed E-state index contributed by atoms with van der Waals surface area (Å²) >= 11 is 0. The van der Waals surface area contributed by atoms with E-state index in [9.17, 15) is 9.90 Å². The summed E-state index contributed by atoms with van der Waals surface area (Å²) in [5, 5.41) is 9.48. The lowest BCUT2D eigenvalue weighted by Gasteiger charge is -2.36. The average molecular weight is 263 g/mol. The number of amides is 1. The Morgan fingerprint density at radius 1 is 1.26 bits per heavy atom. The molecule has 5 nitrogen and oxygen atoms in total. The standard InChI is InChI=1S/C14H21N3O2/c15-14(19)5-2-6-16-7-9-17(10-8-16)12-3-1-4-13(18)11-12/h1,3-4,11,18H,2,5-10H2,(H2,15,19). The van der Waals surface area contributed by atoms with E-state index in [1.54, 1.807) is 12.1 Å². The molecule has 104 valence electrons. The zero-order chi connectivity index (χ0) is 13.7. The van der Waals surface area contributed by atoms with Gasteiger partial charge in [-0.05, 0) is 25.1 Å². The Kier molecular flexibility index (Phi) is 4.63. The van der Waals surface area contributed by atoms with Gasteiger partial charge in [-0.2, -0.15) is 0 Å². The van der Waals surface area contributed by atoms with E-state index in [0.29, 0.717) is 12.2 Å². The van der Waals surface area contributed by atoms with Gasteiger partial charge in [0.15, 0.2) is 0 Å². The molecule has 19 heavy (non-hydrogen) atoms. The monoisotopic (exact) mass is 263 g/mol. The number of carbonyl (C=O) groups is 1. The van der Waals surface area contributed by atoms with Crippen LogP contribution in [-0.2, 0) is 4.79 Å². The number of primary amides is 1. The van der Waals surface area contributed by atoms with Crippen LogP contribution in [0.2, 0.25) is 0 Å². The summed E-state index contributed by atoms with van der Waals surface area (Å²) in [7, 11) is 0. The fourth-order valence-electron chi connectivity index (χ4n) is 2.40. The molecule has 1 aliphatic rings. The van der Waals surface area contributed by atoms with Crippen molar-refractivity contribution in [3.8, 4) is 5.75 Å². The van der Waals surface area contributed by atoms with Crippen LogP contribution in [0, 0.1) is 0 Å². The van der Waals surface area contributed by atoms with Crippen molar-refractivity contribution in [3.05, 3.63) is 24.3 Å². The van der Waals surface area contributed by atoms with Crippen molar-refractivity contribution in [3.63, 3.8) is 0 Å². The van der Waals surface area contributed by atoms with Gasteiger partial charge < -0.3 is 15.7 Å². The Hall–Kier alpha value is -1.75. The van der Waals surface area contributed by atoms with Crippen LogP contribution in [0.3, 0.4) is 0 Å². The minimum Gasteiger partial charge on any atom is -0.508 e. The number of phenols is 1. The summed E-state index contributed by atoms with van der Waals surface area (Å²) in [6.07, 6.45) is 1.30. The number of hydrogen-bond acceptors (Lipinski definition) is 4. The van der Waals surface area contributed by atoms with Crippen molar-refractivity contribution in [2.75, 3.05) is 37.6 Å². The van der Waals surface area contributed by atoms with E-state index in [4.69, 9.17) is 5.73 Å². The number of nitrogens with two attached hydrogens (primary N) is 1. The fourth-order valence-corrected chi connectivity index (χ4v) is 2.40. The van der Waals surface area contributed by atoms with Crippen molar-refractivity contribution in [2.24, 2.45) is 5.73 Å². The third-order valence-corrected chi connectivity index (χ3v) is 3.46. The van der Waals surface area contributed by atoms with Gasteiger partial charge in [0, 0.05) is 44.4 Å². The second-order valence-electron chi connectivity index (χ2n) is 4.92. The molecule has 1 heterocycles. The van der Waals surface area contributed by atoms with Gasteiger partial charge in [-0.1, -0.05) is 6.07 Å². The van der Waals surface area contributed by atoms with Gasteiger partial charge >= 0.3 is 0 Å². The Morgan fingerprint density at radius 2 is 2.00 bits per heavy atom. The highest BCUT2D eigenvalue weighted by Gasteiger charge is 2.17. The maximum absolute atomic E-state index is 10.7. The lowest BCUT2D eigenvalue weighted by Crippen LogP contribution is -2.46. The van der Waals surface area contributed by atoms with Crippen LogP contribution < -0.4 is 10.6 Å². The molecule has 1 aromatic rings. The number of anilines is 1. The molecule has 1 fully saturated rings. The van der Waals surface area contributed by atoms with Gasteiger partial charge in [-0.15, -0.1) is 0 Å². The van der Waals surface area contributed by atoms with Crippen molar-refractivity contribution in [1.29, 1.82) is 0 Å². The predicted octanol–water partition coefficient (Wildman–Crippen LogP) is 0.780. The Morgan fingerprint density at radius 3 is 2.63 bits per heavy atom. The van der Waals surface area contributed by atoms with Crippen molar-refractivity contribution in [2.45, 2.75) is 12.8 Å². The van der Waals surface area contributed by atoms with Gasteiger partial charge in [0.2, 0.25) is 5.91 Å². The SMILES string of the molecule is NC(=O)CCCN1CCN(c2cccc(O)c2)CC1. The van der Waals surface area contributed by atoms with Gasteiger partial charge in [-0.3, -0.25) is 9.69 Å². The zero-order valence-electron chi connectivity index (χ0n) is 11.1. The first-order valence-corrected chi connectivity index (χ1v) is 6.70. The summed E-state index contributed by atoms with van der Waals surface area (Å²) in [5.41, 5.74) is 6.20. The van der Waals surface area contributed by atoms with Crippen LogP contribution in [0.15, 0.2) is 24.3 Å². The van der Waals surface area contributed by atoms with Gasteiger partial charge in [0.25, 0.3) is 0 Å². The van der Waals surface area contributed by atoms with E-state index in [1.807, 2.05) is 12.1 Å². The molecule has 1 amide bonds. The van der Waals surface area contributed by atoms with E-state index in [0.717, 1.165) is 44.8 Å². The first-order valence-electron chi connectivity index (χ1n) is 6.70. The number of aromatic hydroxyl groups is 1. The maximum Gasteiger partial charge on any atom is 0.217 e. The molecule has 0 unspecified atom stereocenters. The van der Waals surface area contributed by atoms with Gasteiger partial charge in [-0.25, -0.2) is 0 Å². The molecule has 1 aromatic carbocycles. The molecule has 0 atom stereocenters. The molecular weight excluding hydrogens is 242 g/mol. The third kappa shape index (κ3) is 4.13. The second-order valence-corrected chi connectivity index (χ2v) is 4.92. The quantitative estimate of drug-likeness (QED) is 0.823. The molecule has 0 bridgehead atoms. The largest absolute Gasteiger partial charge is 0.508 e. The smallest absolute Gasteiger partial charge is 0.217 e. The number of phenolic OH excluding ortho intramolecular Hbond substituents is 1. The topological polar surface area (TPSA) is 69.8 Å². The molecule has 0 spiro atoms. The number of hydrogen-bond donors (Lipinski definition) is 2. The first kappa shape index (κ1) is 13.7. The van der Waals surface area contributed by atoms with E-state index in [-0.39, 0.29) is 5.91 Å². The van der Waals surface area contributed by atoms with Crippen LogP contribution in [0.5, 0.6) is 5.75 Å². The molecule has 0 aromatic heterocycles. The highest BCUT2D eigenvalue weighted by molar-refractivity contribution is 5.73. The summed E-state index contributed by atoms with van der Waals surface area (Å²) < 4.78 is 0. The summed E-state index contributed by atoms with van der Waals surface area (Å²) in [6, 6.07) is 7.36. The summed E-state index contributed by atoms with van der Waals surface area (Å²) in [6.45, 7) is 4.78. The van der Waals surface area contributed by atoms with Crippen LogP contribution in [0.1, 0.15) is 12.8 Å². The normalized spacial score (nSPS) is 16.5. The van der Waals surface area contributed by atoms with Crippen LogP contribution in [-0.4, -0.2) is 48.6 Å². The first-order chi connectivity index (χ1) is 9.15. The molecule has 2 rings (SSSR count). The molecular formula is C14H21N3O2. The Labute approximate surface area is 113 Å². The van der Waals surface area contributed by atoms with Crippen LogP contribution in [0.25, 0.3) is 0 Å². The van der Waals surface area contributed by atoms with Crippen LogP contribution in [0.4, 0.5) is 5.69 Å².